The first-order valence-electron chi connectivity index (χ1n) is 5.65. The first-order chi connectivity index (χ1) is 8.66. The summed E-state index contributed by atoms with van der Waals surface area (Å²) in [5.74, 6) is -3.96. The molecule has 0 bridgehead atoms. The molecule has 0 aromatic carbocycles. The van der Waals surface area contributed by atoms with Crippen molar-refractivity contribution in [1.29, 1.82) is 0 Å². The van der Waals surface area contributed by atoms with Crippen molar-refractivity contribution in [1.82, 2.24) is 0 Å². The number of esters is 1. The second kappa shape index (κ2) is 5.53. The lowest BCUT2D eigenvalue weighted by Crippen LogP contribution is -2.72. The van der Waals surface area contributed by atoms with Crippen LogP contribution in [0.3, 0.4) is 0 Å². The highest BCUT2D eigenvalue weighted by molar-refractivity contribution is 5.87. The Hall–Kier alpha value is -1.03. The molecule has 19 heavy (non-hydrogen) atoms. The van der Waals surface area contributed by atoms with Crippen LogP contribution in [0, 0.1) is 0 Å². The normalized spacial score (nSPS) is 44.0. The van der Waals surface area contributed by atoms with Crippen LogP contribution in [-0.4, -0.2) is 72.9 Å². The van der Waals surface area contributed by atoms with Crippen LogP contribution in [0.15, 0.2) is 11.6 Å². The fourth-order valence-electron chi connectivity index (χ4n) is 1.71. The van der Waals surface area contributed by atoms with Gasteiger partial charge in [0.2, 0.25) is 0 Å². The molecule has 110 valence electrons. The van der Waals surface area contributed by atoms with E-state index in [4.69, 9.17) is 0 Å². The maximum absolute atomic E-state index is 11.5. The largest absolute Gasteiger partial charge is 0.424 e. The van der Waals surface area contributed by atoms with Crippen LogP contribution in [0.5, 0.6) is 0 Å². The fourth-order valence-corrected chi connectivity index (χ4v) is 1.71. The Bertz CT molecular complexity index is 363. The van der Waals surface area contributed by atoms with Gasteiger partial charge in [0.05, 0.1) is 0 Å². The van der Waals surface area contributed by atoms with Gasteiger partial charge in [0.25, 0.3) is 5.79 Å². The molecule has 1 rings (SSSR count). The van der Waals surface area contributed by atoms with Gasteiger partial charge in [-0.1, -0.05) is 6.08 Å². The van der Waals surface area contributed by atoms with Crippen molar-refractivity contribution in [3.05, 3.63) is 11.6 Å². The van der Waals surface area contributed by atoms with Crippen LogP contribution in [0.1, 0.15) is 13.8 Å². The summed E-state index contributed by atoms with van der Waals surface area (Å²) in [6, 6.07) is 0. The molecule has 8 nitrogen and oxygen atoms in total. The minimum absolute atomic E-state index is 0.0860. The van der Waals surface area contributed by atoms with Gasteiger partial charge in [-0.3, -0.25) is 0 Å². The Kier molecular flexibility index (Phi) is 4.67. The van der Waals surface area contributed by atoms with Gasteiger partial charge >= 0.3 is 5.97 Å². The predicted molar refractivity (Wildman–Crippen MR) is 60.5 cm³/mol. The van der Waals surface area contributed by atoms with Crippen LogP contribution in [0.4, 0.5) is 0 Å². The van der Waals surface area contributed by atoms with Crippen molar-refractivity contribution in [3.8, 4) is 0 Å². The van der Waals surface area contributed by atoms with Gasteiger partial charge < -0.3 is 35.4 Å². The average molecular weight is 278 g/mol. The van der Waals surface area contributed by atoms with Gasteiger partial charge in [0.15, 0.2) is 12.2 Å². The quantitative estimate of drug-likeness (QED) is 0.178. The number of hydrogen-bond donors (Lipinski definition) is 6. The molecule has 1 saturated carbocycles. The number of carbonyl (C=O) groups excluding carboxylic acids is 1. The molecule has 0 saturated heterocycles. The lowest BCUT2D eigenvalue weighted by molar-refractivity contribution is -0.346. The third-order valence-electron chi connectivity index (χ3n) is 3.21. The predicted octanol–water partition coefficient (Wildman–Crippen LogP) is -3.00. The van der Waals surface area contributed by atoms with Crippen molar-refractivity contribution in [2.45, 2.75) is 50.2 Å². The average Bonchev–Trinajstić information content (AvgIpc) is 2.40. The second-order valence-electron chi connectivity index (χ2n) is 4.47. The van der Waals surface area contributed by atoms with E-state index in [1.807, 2.05) is 0 Å². The van der Waals surface area contributed by atoms with E-state index in [-0.39, 0.29) is 5.57 Å². The molecule has 0 spiro atoms. The molecular weight excluding hydrogens is 260 g/mol. The van der Waals surface area contributed by atoms with Crippen LogP contribution in [0.25, 0.3) is 0 Å². The number of allylic oxidation sites excluding steroid dienone is 1. The molecule has 0 heterocycles. The van der Waals surface area contributed by atoms with E-state index < -0.39 is 42.3 Å². The Morgan fingerprint density at radius 3 is 1.84 bits per heavy atom. The Labute approximate surface area is 109 Å². The highest BCUT2D eigenvalue weighted by atomic mass is 16.7. The monoisotopic (exact) mass is 278 g/mol. The first-order valence-corrected chi connectivity index (χ1v) is 5.65. The number of hydrogen-bond acceptors (Lipinski definition) is 8. The van der Waals surface area contributed by atoms with Gasteiger partial charge in [0, 0.05) is 5.57 Å². The maximum atomic E-state index is 11.5. The fraction of sp³-hybridized carbons (Fsp3) is 0.727. The molecule has 0 amide bonds. The third-order valence-corrected chi connectivity index (χ3v) is 3.21. The molecule has 8 heteroatoms. The molecule has 0 aliphatic heterocycles. The molecular formula is C11H18O8. The number of rotatable bonds is 2. The van der Waals surface area contributed by atoms with Crippen molar-refractivity contribution >= 4 is 5.97 Å². The minimum Gasteiger partial charge on any atom is -0.424 e. The van der Waals surface area contributed by atoms with E-state index >= 15 is 0 Å². The van der Waals surface area contributed by atoms with Gasteiger partial charge in [-0.05, 0) is 13.8 Å². The van der Waals surface area contributed by atoms with E-state index in [1.54, 1.807) is 0 Å². The van der Waals surface area contributed by atoms with Crippen LogP contribution in [-0.2, 0) is 9.53 Å². The summed E-state index contributed by atoms with van der Waals surface area (Å²) in [4.78, 5) is 11.5. The number of aliphatic hydroxyl groups is 6. The van der Waals surface area contributed by atoms with Gasteiger partial charge in [0.1, 0.15) is 18.3 Å². The topological polar surface area (TPSA) is 148 Å². The van der Waals surface area contributed by atoms with Gasteiger partial charge in [-0.2, -0.15) is 0 Å². The zero-order chi connectivity index (χ0) is 15.0. The van der Waals surface area contributed by atoms with Crippen molar-refractivity contribution in [3.63, 3.8) is 0 Å². The summed E-state index contributed by atoms with van der Waals surface area (Å²) < 4.78 is 4.56. The van der Waals surface area contributed by atoms with Crippen molar-refractivity contribution in [2.75, 3.05) is 0 Å². The molecule has 1 fully saturated rings. The first kappa shape index (κ1) is 16.0. The molecule has 6 N–H and O–H groups in total. The highest BCUT2D eigenvalue weighted by Gasteiger charge is 2.60. The lowest BCUT2D eigenvalue weighted by atomic mass is 9.82. The Balaban J connectivity index is 3.03. The number of ether oxygens (including phenoxy) is 1. The summed E-state index contributed by atoms with van der Waals surface area (Å²) in [6.07, 6.45) is -8.82. The molecule has 2 unspecified atom stereocenters. The van der Waals surface area contributed by atoms with Crippen LogP contribution in [0.2, 0.25) is 0 Å². The minimum atomic E-state index is -2.92. The van der Waals surface area contributed by atoms with Gasteiger partial charge in [-0.15, -0.1) is 0 Å². The maximum Gasteiger partial charge on any atom is 0.336 e. The molecule has 0 aromatic rings. The lowest BCUT2D eigenvalue weighted by Gasteiger charge is -2.46. The molecule has 1 aliphatic carbocycles. The number of aliphatic hydroxyl groups excluding tert-OH is 5. The van der Waals surface area contributed by atoms with Gasteiger partial charge in [-0.25, -0.2) is 4.79 Å². The van der Waals surface area contributed by atoms with Crippen LogP contribution >= 0.6 is 0 Å². The summed E-state index contributed by atoms with van der Waals surface area (Å²) >= 11 is 0. The summed E-state index contributed by atoms with van der Waals surface area (Å²) in [5.41, 5.74) is 0.0860. The highest BCUT2D eigenvalue weighted by Crippen LogP contribution is 2.32. The van der Waals surface area contributed by atoms with Crippen LogP contribution < -0.4 is 0 Å². The van der Waals surface area contributed by atoms with E-state index in [1.165, 1.54) is 19.9 Å². The zero-order valence-electron chi connectivity index (χ0n) is 10.5. The Morgan fingerprint density at radius 1 is 1.05 bits per heavy atom. The van der Waals surface area contributed by atoms with Crippen molar-refractivity contribution in [2.24, 2.45) is 0 Å². The molecule has 0 aromatic heterocycles. The summed E-state index contributed by atoms with van der Waals surface area (Å²) in [6.45, 7) is 2.90. The van der Waals surface area contributed by atoms with E-state index in [2.05, 4.69) is 4.74 Å². The third kappa shape index (κ3) is 2.64. The molecule has 1 aliphatic rings. The summed E-state index contributed by atoms with van der Waals surface area (Å²) in [7, 11) is 0. The van der Waals surface area contributed by atoms with Crippen molar-refractivity contribution < 1.29 is 40.2 Å². The van der Waals surface area contributed by atoms with E-state index in [0.29, 0.717) is 0 Å². The van der Waals surface area contributed by atoms with E-state index in [9.17, 15) is 35.4 Å². The SMILES string of the molecule is CC=C(C)C(=O)OC1(O)[C@H](O)[C@H](O)C(O)[C@H](O)[C@H]1O. The zero-order valence-corrected chi connectivity index (χ0v) is 10.5. The molecule has 0 radical (unpaired) electrons. The standard InChI is InChI=1S/C11H18O8/c1-3-4(2)10(17)19-11(18)8(15)6(13)5(12)7(14)9(11)16/h3,5-9,12-16,18H,1-2H3/t5?,6-,7+,8-,9-,11?/m1/s1. The smallest absolute Gasteiger partial charge is 0.336 e. The van der Waals surface area contributed by atoms with E-state index in [0.717, 1.165) is 0 Å². The summed E-state index contributed by atoms with van der Waals surface area (Å²) in [5, 5.41) is 57.5. The second-order valence-corrected chi connectivity index (χ2v) is 4.47. The Morgan fingerprint density at radius 2 is 1.47 bits per heavy atom. The molecule has 6 atom stereocenters. The number of carbonyl (C=O) groups is 1.